The van der Waals surface area contributed by atoms with Crippen LogP contribution in [0.2, 0.25) is 0 Å². The second-order valence-electron chi connectivity index (χ2n) is 11.8. The number of para-hydroxylation sites is 1. The minimum absolute atomic E-state index is 0.00566. The summed E-state index contributed by atoms with van der Waals surface area (Å²) in [5.41, 5.74) is 5.07. The molecular formula is C33H38N2O5. The highest BCUT2D eigenvalue weighted by Gasteiger charge is 2.35. The topological polar surface area (TPSA) is 86.8 Å². The number of pyridine rings is 1. The highest BCUT2D eigenvalue weighted by atomic mass is 16.5. The van der Waals surface area contributed by atoms with Crippen LogP contribution < -0.4 is 10.1 Å². The van der Waals surface area contributed by atoms with Crippen LogP contribution in [0.4, 0.5) is 0 Å². The number of ether oxygens (including phenoxy) is 3. The fraction of sp³-hybridized carbons (Fsp3) is 0.424. The molecule has 2 heterocycles. The predicted octanol–water partition coefficient (Wildman–Crippen LogP) is 5.84. The van der Waals surface area contributed by atoms with Crippen molar-refractivity contribution in [2.45, 2.75) is 52.6 Å². The number of amides is 1. The molecule has 1 saturated heterocycles. The SMILES string of the molecule is COc1ccc(/C=C2/C[C@@H](C(C)(C)C)Cc3c2nc2ccccc2c3C(=O)OCC(=O)NC[C@@H]2CCCO2)cc1. The van der Waals surface area contributed by atoms with E-state index in [0.29, 0.717) is 18.5 Å². The van der Waals surface area contributed by atoms with Crippen molar-refractivity contribution < 1.29 is 23.8 Å². The number of fused-ring (bicyclic) bond motifs is 2. The van der Waals surface area contributed by atoms with Gasteiger partial charge in [-0.2, -0.15) is 0 Å². The summed E-state index contributed by atoms with van der Waals surface area (Å²) in [6, 6.07) is 15.6. The first-order valence-electron chi connectivity index (χ1n) is 14.0. The molecule has 0 radical (unpaired) electrons. The number of methoxy groups -OCH3 is 1. The van der Waals surface area contributed by atoms with Gasteiger partial charge in [-0.3, -0.25) is 4.79 Å². The lowest BCUT2D eigenvalue weighted by molar-refractivity contribution is -0.124. The smallest absolute Gasteiger partial charge is 0.339 e. The fourth-order valence-electron chi connectivity index (χ4n) is 5.56. The van der Waals surface area contributed by atoms with Crippen LogP contribution in [0.25, 0.3) is 22.6 Å². The van der Waals surface area contributed by atoms with Gasteiger partial charge in [-0.15, -0.1) is 0 Å². The highest BCUT2D eigenvalue weighted by molar-refractivity contribution is 6.07. The van der Waals surface area contributed by atoms with Crippen molar-refractivity contribution in [2.75, 3.05) is 26.9 Å². The van der Waals surface area contributed by atoms with Gasteiger partial charge in [-0.05, 0) is 78.0 Å². The van der Waals surface area contributed by atoms with Crippen LogP contribution in [0.3, 0.4) is 0 Å². The molecule has 0 saturated carbocycles. The first kappa shape index (κ1) is 27.8. The Morgan fingerprint density at radius 1 is 1.10 bits per heavy atom. The van der Waals surface area contributed by atoms with Crippen molar-refractivity contribution in [1.29, 1.82) is 0 Å². The monoisotopic (exact) mass is 542 g/mol. The van der Waals surface area contributed by atoms with E-state index >= 15 is 0 Å². The number of nitrogens with zero attached hydrogens (tertiary/aromatic N) is 1. The van der Waals surface area contributed by atoms with Crippen molar-refractivity contribution >= 4 is 34.4 Å². The summed E-state index contributed by atoms with van der Waals surface area (Å²) in [5.74, 6) is 0.255. The largest absolute Gasteiger partial charge is 0.497 e. The second kappa shape index (κ2) is 11.8. The molecule has 40 heavy (non-hydrogen) atoms. The lowest BCUT2D eigenvalue weighted by Gasteiger charge is -2.36. The Labute approximate surface area is 235 Å². The third-order valence-corrected chi connectivity index (χ3v) is 7.99. The number of carbonyl (C=O) groups is 2. The molecule has 1 fully saturated rings. The van der Waals surface area contributed by atoms with E-state index in [-0.39, 0.29) is 30.0 Å². The Hall–Kier alpha value is -3.71. The molecular weight excluding hydrogens is 504 g/mol. The van der Waals surface area contributed by atoms with E-state index in [9.17, 15) is 9.59 Å². The zero-order valence-electron chi connectivity index (χ0n) is 23.8. The summed E-state index contributed by atoms with van der Waals surface area (Å²) < 4.78 is 16.5. The summed E-state index contributed by atoms with van der Waals surface area (Å²) in [7, 11) is 1.65. The van der Waals surface area contributed by atoms with Gasteiger partial charge in [0, 0.05) is 18.5 Å². The normalized spacial score (nSPS) is 19.9. The molecule has 1 aliphatic heterocycles. The Bertz CT molecular complexity index is 1420. The molecule has 0 unspecified atom stereocenters. The van der Waals surface area contributed by atoms with Crippen molar-refractivity contribution in [1.82, 2.24) is 10.3 Å². The lowest BCUT2D eigenvalue weighted by atomic mass is 9.69. The van der Waals surface area contributed by atoms with Crippen LogP contribution in [0.5, 0.6) is 5.75 Å². The Balaban J connectivity index is 1.50. The summed E-state index contributed by atoms with van der Waals surface area (Å²) in [4.78, 5) is 31.3. The average molecular weight is 543 g/mol. The molecule has 7 heteroatoms. The standard InChI is InChI=1S/C33H38N2O5/c1-33(2,3)23-17-22(16-21-11-13-24(38-4)14-12-21)31-27(18-23)30(26-9-5-6-10-28(26)35-31)32(37)40-20-29(36)34-19-25-8-7-15-39-25/h5-6,9-14,16,23,25H,7-8,15,17-20H2,1-4H3,(H,34,36)/b22-16-/t23-,25+/m1/s1. The van der Waals surface area contributed by atoms with Gasteiger partial charge in [0.05, 0.1) is 30.0 Å². The third kappa shape index (κ3) is 6.20. The van der Waals surface area contributed by atoms with E-state index in [4.69, 9.17) is 19.2 Å². The lowest BCUT2D eigenvalue weighted by Crippen LogP contribution is -2.35. The van der Waals surface area contributed by atoms with Crippen LogP contribution >= 0.6 is 0 Å². The van der Waals surface area contributed by atoms with Gasteiger partial charge >= 0.3 is 5.97 Å². The van der Waals surface area contributed by atoms with Crippen molar-refractivity contribution in [3.8, 4) is 5.75 Å². The molecule has 1 N–H and O–H groups in total. The quantitative estimate of drug-likeness (QED) is 0.377. The van der Waals surface area contributed by atoms with Gasteiger partial charge in [0.1, 0.15) is 5.75 Å². The Morgan fingerprint density at radius 2 is 1.88 bits per heavy atom. The first-order chi connectivity index (χ1) is 19.2. The number of hydrogen-bond donors (Lipinski definition) is 1. The van der Waals surface area contributed by atoms with Crippen molar-refractivity contribution in [2.24, 2.45) is 11.3 Å². The average Bonchev–Trinajstić information content (AvgIpc) is 3.47. The number of carbonyl (C=O) groups excluding carboxylic acids is 2. The molecule has 2 atom stereocenters. The van der Waals surface area contributed by atoms with Gasteiger partial charge in [0.2, 0.25) is 0 Å². The van der Waals surface area contributed by atoms with Crippen LogP contribution in [-0.2, 0) is 20.7 Å². The van der Waals surface area contributed by atoms with E-state index < -0.39 is 5.97 Å². The van der Waals surface area contributed by atoms with E-state index in [1.54, 1.807) is 7.11 Å². The molecule has 0 bridgehead atoms. The van der Waals surface area contributed by atoms with Crippen LogP contribution in [-0.4, -0.2) is 49.8 Å². The zero-order valence-corrected chi connectivity index (χ0v) is 23.8. The van der Waals surface area contributed by atoms with Gasteiger partial charge in [-0.1, -0.05) is 51.1 Å². The molecule has 1 aliphatic carbocycles. The summed E-state index contributed by atoms with van der Waals surface area (Å²) in [6.45, 7) is 7.51. The number of aromatic nitrogens is 1. The maximum atomic E-state index is 13.7. The second-order valence-corrected chi connectivity index (χ2v) is 11.8. The number of nitrogens with one attached hydrogen (secondary N) is 1. The van der Waals surface area contributed by atoms with Gasteiger partial charge in [0.25, 0.3) is 5.91 Å². The van der Waals surface area contributed by atoms with E-state index in [2.05, 4.69) is 32.2 Å². The molecule has 5 rings (SSSR count). The van der Waals surface area contributed by atoms with E-state index in [1.807, 2.05) is 48.5 Å². The fourth-order valence-corrected chi connectivity index (χ4v) is 5.56. The minimum atomic E-state index is -0.500. The molecule has 1 aromatic heterocycles. The Morgan fingerprint density at radius 3 is 2.58 bits per heavy atom. The predicted molar refractivity (Wildman–Crippen MR) is 156 cm³/mol. The minimum Gasteiger partial charge on any atom is -0.497 e. The van der Waals surface area contributed by atoms with Gasteiger partial charge in [0.15, 0.2) is 6.61 Å². The molecule has 0 spiro atoms. The maximum absolute atomic E-state index is 13.7. The molecule has 210 valence electrons. The first-order valence-corrected chi connectivity index (χ1v) is 14.0. The van der Waals surface area contributed by atoms with Crippen molar-refractivity contribution in [3.05, 3.63) is 70.9 Å². The van der Waals surface area contributed by atoms with E-state index in [1.165, 1.54) is 0 Å². The maximum Gasteiger partial charge on any atom is 0.339 e. The zero-order chi connectivity index (χ0) is 28.3. The van der Waals surface area contributed by atoms with E-state index in [0.717, 1.165) is 64.9 Å². The van der Waals surface area contributed by atoms with Crippen LogP contribution in [0, 0.1) is 11.3 Å². The molecule has 7 nitrogen and oxygen atoms in total. The summed E-state index contributed by atoms with van der Waals surface area (Å²) in [5, 5.41) is 3.57. The number of rotatable bonds is 7. The molecule has 1 amide bonds. The van der Waals surface area contributed by atoms with Crippen molar-refractivity contribution in [3.63, 3.8) is 0 Å². The van der Waals surface area contributed by atoms with Crippen LogP contribution in [0.15, 0.2) is 48.5 Å². The highest BCUT2D eigenvalue weighted by Crippen LogP contribution is 2.45. The summed E-state index contributed by atoms with van der Waals surface area (Å²) >= 11 is 0. The Kier molecular flexibility index (Phi) is 8.22. The van der Waals surface area contributed by atoms with Gasteiger partial charge in [-0.25, -0.2) is 9.78 Å². The molecule has 2 aromatic carbocycles. The van der Waals surface area contributed by atoms with Gasteiger partial charge < -0.3 is 19.5 Å². The molecule has 2 aliphatic rings. The number of esters is 1. The molecule has 3 aromatic rings. The van der Waals surface area contributed by atoms with Crippen LogP contribution in [0.1, 0.15) is 67.2 Å². The summed E-state index contributed by atoms with van der Waals surface area (Å²) in [6.07, 6.45) is 5.66. The number of hydrogen-bond acceptors (Lipinski definition) is 6. The number of allylic oxidation sites excluding steroid dienone is 1. The number of benzene rings is 2. The third-order valence-electron chi connectivity index (χ3n) is 7.99.